The number of pyridine rings is 1. The molecule has 6 nitrogen and oxygen atoms in total. The Kier molecular flexibility index (Phi) is 6.13. The molecule has 0 atom stereocenters. The predicted molar refractivity (Wildman–Crippen MR) is 102 cm³/mol. The fourth-order valence-electron chi connectivity index (χ4n) is 2.53. The molecule has 3 rings (SSSR count). The molecule has 2 heterocycles. The van der Waals surface area contributed by atoms with E-state index in [-0.39, 0.29) is 6.61 Å². The highest BCUT2D eigenvalue weighted by Crippen LogP contribution is 2.26. The van der Waals surface area contributed by atoms with Gasteiger partial charge in [0.05, 0.1) is 18.4 Å². The van der Waals surface area contributed by atoms with E-state index in [4.69, 9.17) is 14.0 Å². The number of nitrogens with zero attached hydrogens (tertiary/aromatic N) is 2. The average molecular weight is 384 g/mol. The van der Waals surface area contributed by atoms with Crippen LogP contribution in [0.5, 0.6) is 5.75 Å². The van der Waals surface area contributed by atoms with Crippen molar-refractivity contribution < 1.29 is 18.8 Å². The number of hydrogen-bond donors (Lipinski definition) is 0. The summed E-state index contributed by atoms with van der Waals surface area (Å²) in [6.07, 6.45) is 1.65. The van der Waals surface area contributed by atoms with Crippen LogP contribution in [0, 0.1) is 13.8 Å². The molecule has 7 heteroatoms. The lowest BCUT2D eigenvalue weighted by Gasteiger charge is -2.11. The van der Waals surface area contributed by atoms with Crippen molar-refractivity contribution in [2.45, 2.75) is 31.2 Å². The van der Waals surface area contributed by atoms with Crippen LogP contribution >= 0.6 is 11.8 Å². The zero-order chi connectivity index (χ0) is 19.2. The van der Waals surface area contributed by atoms with E-state index in [1.54, 1.807) is 25.4 Å². The van der Waals surface area contributed by atoms with Gasteiger partial charge in [0, 0.05) is 23.6 Å². The molecule has 0 spiro atoms. The van der Waals surface area contributed by atoms with Gasteiger partial charge in [-0.2, -0.15) is 0 Å². The largest absolute Gasteiger partial charge is 0.496 e. The molecular weight excluding hydrogens is 364 g/mol. The second-order valence-electron chi connectivity index (χ2n) is 5.97. The van der Waals surface area contributed by atoms with Crippen LogP contribution in [0.4, 0.5) is 0 Å². The van der Waals surface area contributed by atoms with Crippen LogP contribution in [0.15, 0.2) is 52.1 Å². The van der Waals surface area contributed by atoms with E-state index in [0.717, 1.165) is 22.6 Å². The van der Waals surface area contributed by atoms with E-state index in [0.29, 0.717) is 22.1 Å². The summed E-state index contributed by atoms with van der Waals surface area (Å²) in [6, 6.07) is 11.0. The van der Waals surface area contributed by atoms with Gasteiger partial charge in [0.25, 0.3) is 0 Å². The van der Waals surface area contributed by atoms with Crippen molar-refractivity contribution in [3.05, 3.63) is 70.7 Å². The third-order valence-electron chi connectivity index (χ3n) is 3.82. The number of ether oxygens (including phenoxy) is 2. The van der Waals surface area contributed by atoms with Crippen LogP contribution < -0.4 is 4.74 Å². The highest BCUT2D eigenvalue weighted by Gasteiger charge is 2.16. The van der Waals surface area contributed by atoms with Gasteiger partial charge in [0.1, 0.15) is 23.1 Å². The Labute approximate surface area is 161 Å². The summed E-state index contributed by atoms with van der Waals surface area (Å²) in [5, 5.41) is 4.55. The highest BCUT2D eigenvalue weighted by molar-refractivity contribution is 7.98. The minimum absolute atomic E-state index is 0.130. The first-order valence-electron chi connectivity index (χ1n) is 8.37. The third-order valence-corrected chi connectivity index (χ3v) is 4.86. The molecule has 0 saturated heterocycles. The van der Waals surface area contributed by atoms with Gasteiger partial charge in [0.2, 0.25) is 0 Å². The number of rotatable bonds is 7. The smallest absolute Gasteiger partial charge is 0.341 e. The van der Waals surface area contributed by atoms with Crippen molar-refractivity contribution >= 4 is 17.7 Å². The van der Waals surface area contributed by atoms with Gasteiger partial charge in [-0.15, -0.1) is 0 Å². The lowest BCUT2D eigenvalue weighted by atomic mass is 10.1. The Bertz CT molecular complexity index is 939. The molecule has 3 aromatic rings. The Morgan fingerprint density at radius 3 is 2.81 bits per heavy atom. The summed E-state index contributed by atoms with van der Waals surface area (Å²) in [4.78, 5) is 16.9. The number of aromatic nitrogens is 2. The first-order chi connectivity index (χ1) is 13.1. The molecular formula is C20H20N2O4S. The van der Waals surface area contributed by atoms with Gasteiger partial charge >= 0.3 is 5.97 Å². The first kappa shape index (κ1) is 19.0. The molecule has 0 unspecified atom stereocenters. The fourth-order valence-corrected chi connectivity index (χ4v) is 3.39. The number of methoxy groups -OCH3 is 1. The number of carbonyl (C=O) groups excluding carboxylic acids is 1. The van der Waals surface area contributed by atoms with Crippen LogP contribution in [0.3, 0.4) is 0 Å². The summed E-state index contributed by atoms with van der Waals surface area (Å²) in [6.45, 7) is 3.95. The van der Waals surface area contributed by atoms with Crippen molar-refractivity contribution in [3.8, 4) is 5.75 Å². The second kappa shape index (κ2) is 8.73. The molecule has 0 aliphatic carbocycles. The van der Waals surface area contributed by atoms with Crippen LogP contribution in [0.2, 0.25) is 0 Å². The van der Waals surface area contributed by atoms with Crippen molar-refractivity contribution in [2.24, 2.45) is 0 Å². The molecule has 0 saturated carbocycles. The number of carbonyl (C=O) groups is 1. The normalized spacial score (nSPS) is 10.6. The van der Waals surface area contributed by atoms with E-state index in [9.17, 15) is 4.79 Å². The summed E-state index contributed by atoms with van der Waals surface area (Å²) in [5.74, 6) is 1.57. The molecule has 1 aromatic carbocycles. The molecule has 2 aromatic heterocycles. The zero-order valence-corrected chi connectivity index (χ0v) is 16.2. The summed E-state index contributed by atoms with van der Waals surface area (Å²) in [5.41, 5.74) is 3.12. The first-order valence-corrected chi connectivity index (χ1v) is 9.36. The number of benzene rings is 1. The summed E-state index contributed by atoms with van der Waals surface area (Å²) in [7, 11) is 1.59. The van der Waals surface area contributed by atoms with Crippen molar-refractivity contribution in [3.63, 3.8) is 0 Å². The zero-order valence-electron chi connectivity index (χ0n) is 15.4. The maximum absolute atomic E-state index is 12.6. The molecule has 0 fully saturated rings. The maximum atomic E-state index is 12.6. The van der Waals surface area contributed by atoms with Gasteiger partial charge in [-0.25, -0.2) is 9.78 Å². The SMILES string of the molecule is COc1ccc(C)cc1COC(=O)c1cccnc1SCc1cc(C)on1. The van der Waals surface area contributed by atoms with Gasteiger partial charge in [-0.1, -0.05) is 28.5 Å². The van der Waals surface area contributed by atoms with Crippen LogP contribution in [-0.2, 0) is 17.1 Å². The van der Waals surface area contributed by atoms with Crippen molar-refractivity contribution in [1.29, 1.82) is 0 Å². The topological polar surface area (TPSA) is 74.5 Å². The highest BCUT2D eigenvalue weighted by atomic mass is 32.2. The van der Waals surface area contributed by atoms with Crippen molar-refractivity contribution in [1.82, 2.24) is 10.1 Å². The van der Waals surface area contributed by atoms with E-state index < -0.39 is 5.97 Å². The Hall–Kier alpha value is -2.80. The molecule has 0 amide bonds. The van der Waals surface area contributed by atoms with Crippen LogP contribution in [0.1, 0.15) is 32.9 Å². The minimum Gasteiger partial charge on any atom is -0.496 e. The minimum atomic E-state index is -0.425. The van der Waals surface area contributed by atoms with Crippen LogP contribution in [0.25, 0.3) is 0 Å². The monoisotopic (exact) mass is 384 g/mol. The number of aryl methyl sites for hydroxylation is 2. The summed E-state index contributed by atoms with van der Waals surface area (Å²) >= 11 is 1.41. The van der Waals surface area contributed by atoms with Gasteiger partial charge < -0.3 is 14.0 Å². The number of hydrogen-bond acceptors (Lipinski definition) is 7. The maximum Gasteiger partial charge on any atom is 0.341 e. The van der Waals surface area contributed by atoms with E-state index in [2.05, 4.69) is 10.1 Å². The van der Waals surface area contributed by atoms with Gasteiger partial charge in [0.15, 0.2) is 0 Å². The van der Waals surface area contributed by atoms with Crippen LogP contribution in [-0.4, -0.2) is 23.2 Å². The number of thioether (sulfide) groups is 1. The second-order valence-corrected chi connectivity index (χ2v) is 6.93. The van der Waals surface area contributed by atoms with Gasteiger partial charge in [-0.3, -0.25) is 0 Å². The predicted octanol–water partition coefficient (Wildman–Crippen LogP) is 4.34. The molecule has 0 aliphatic rings. The lowest BCUT2D eigenvalue weighted by molar-refractivity contribution is 0.0465. The Morgan fingerprint density at radius 1 is 1.22 bits per heavy atom. The number of esters is 1. The van der Waals surface area contributed by atoms with E-state index in [1.807, 2.05) is 38.1 Å². The molecule has 0 N–H and O–H groups in total. The fraction of sp³-hybridized carbons (Fsp3) is 0.250. The third kappa shape index (κ3) is 4.89. The molecule has 0 radical (unpaired) electrons. The van der Waals surface area contributed by atoms with E-state index >= 15 is 0 Å². The Balaban J connectivity index is 1.69. The molecule has 27 heavy (non-hydrogen) atoms. The standard InChI is InChI=1S/C20H20N2O4S/c1-13-6-7-18(24-3)15(9-13)11-25-20(23)17-5-4-8-21-19(17)27-12-16-10-14(2)26-22-16/h4-10H,11-12H2,1-3H3. The van der Waals surface area contributed by atoms with E-state index in [1.165, 1.54) is 11.8 Å². The van der Waals surface area contributed by atoms with Crippen molar-refractivity contribution in [2.75, 3.05) is 7.11 Å². The summed E-state index contributed by atoms with van der Waals surface area (Å²) < 4.78 is 15.9. The Morgan fingerprint density at radius 2 is 2.07 bits per heavy atom. The average Bonchev–Trinajstić information content (AvgIpc) is 3.10. The molecule has 0 bridgehead atoms. The molecule has 0 aliphatic heterocycles. The van der Waals surface area contributed by atoms with Gasteiger partial charge in [-0.05, 0) is 38.1 Å². The lowest BCUT2D eigenvalue weighted by Crippen LogP contribution is -2.08. The molecule has 140 valence electrons. The quantitative estimate of drug-likeness (QED) is 0.443.